The van der Waals surface area contributed by atoms with Gasteiger partial charge in [-0.1, -0.05) is 0 Å². The third-order valence-electron chi connectivity index (χ3n) is 3.68. The molecular weight excluding hydrogens is 276 g/mol. The zero-order valence-corrected chi connectivity index (χ0v) is 11.9. The maximum Gasteiger partial charge on any atom is 0.237 e. The highest BCUT2D eigenvalue weighted by molar-refractivity contribution is 8.14. The fraction of sp³-hybridized carbons (Fsp3) is 0.909. The fourth-order valence-corrected chi connectivity index (χ4v) is 3.69. The summed E-state index contributed by atoms with van der Waals surface area (Å²) >= 11 is 0. The molecule has 5 nitrogen and oxygen atoms in total. The summed E-state index contributed by atoms with van der Waals surface area (Å²) in [6.45, 7) is 4.17. The Morgan fingerprint density at radius 1 is 1.22 bits per heavy atom. The highest BCUT2D eigenvalue weighted by Gasteiger charge is 2.36. The number of halogens is 1. The van der Waals surface area contributed by atoms with E-state index in [9.17, 15) is 13.2 Å². The lowest BCUT2D eigenvalue weighted by molar-refractivity contribution is -0.127. The summed E-state index contributed by atoms with van der Waals surface area (Å²) in [4.78, 5) is 15.7. The van der Waals surface area contributed by atoms with Crippen LogP contribution in [0.15, 0.2) is 0 Å². The van der Waals surface area contributed by atoms with Crippen molar-refractivity contribution in [1.29, 1.82) is 0 Å². The van der Waals surface area contributed by atoms with Crippen molar-refractivity contribution >= 4 is 25.6 Å². The van der Waals surface area contributed by atoms with E-state index in [1.807, 2.05) is 0 Å². The van der Waals surface area contributed by atoms with E-state index in [-0.39, 0.29) is 18.9 Å². The molecule has 2 fully saturated rings. The second-order valence-electron chi connectivity index (χ2n) is 5.04. The van der Waals surface area contributed by atoms with Gasteiger partial charge in [-0.05, 0) is 38.9 Å². The van der Waals surface area contributed by atoms with Crippen molar-refractivity contribution < 1.29 is 13.2 Å². The molecule has 0 radical (unpaired) electrons. The summed E-state index contributed by atoms with van der Waals surface area (Å²) in [7, 11) is 1.68. The molecule has 7 heteroatoms. The molecule has 0 aliphatic carbocycles. The summed E-state index contributed by atoms with van der Waals surface area (Å²) in [6, 6.07) is 0. The summed E-state index contributed by atoms with van der Waals surface area (Å²) < 4.78 is 22.4. The molecule has 1 atom stereocenters. The topological polar surface area (TPSA) is 57.7 Å². The smallest absolute Gasteiger partial charge is 0.237 e. The van der Waals surface area contributed by atoms with E-state index in [1.165, 1.54) is 12.8 Å². The van der Waals surface area contributed by atoms with Gasteiger partial charge in [0, 0.05) is 30.2 Å². The van der Waals surface area contributed by atoms with Gasteiger partial charge in [-0.15, -0.1) is 0 Å². The average molecular weight is 295 g/mol. The Hall–Kier alpha value is -0.330. The van der Waals surface area contributed by atoms with Crippen molar-refractivity contribution in [2.75, 3.05) is 32.7 Å². The Bertz CT molecular complexity index is 407. The Balaban J connectivity index is 1.74. The van der Waals surface area contributed by atoms with E-state index < -0.39 is 14.3 Å². The zero-order chi connectivity index (χ0) is 13.2. The molecule has 1 amide bonds. The van der Waals surface area contributed by atoms with Crippen LogP contribution in [0.2, 0.25) is 0 Å². The van der Waals surface area contributed by atoms with Crippen LogP contribution in [0.1, 0.15) is 25.7 Å². The second-order valence-corrected chi connectivity index (χ2v) is 7.95. The molecule has 2 aliphatic rings. The number of nitrogens with zero attached hydrogens (tertiary/aromatic N) is 2. The van der Waals surface area contributed by atoms with Crippen LogP contribution >= 0.6 is 10.7 Å². The highest BCUT2D eigenvalue weighted by atomic mass is 35.7. The number of likely N-dealkylation sites (tertiary alicyclic amines) is 2. The molecule has 0 aromatic carbocycles. The van der Waals surface area contributed by atoms with Crippen molar-refractivity contribution in [1.82, 2.24) is 9.80 Å². The van der Waals surface area contributed by atoms with E-state index in [2.05, 4.69) is 4.90 Å². The van der Waals surface area contributed by atoms with Crippen LogP contribution in [-0.2, 0) is 13.8 Å². The van der Waals surface area contributed by atoms with Crippen molar-refractivity contribution in [2.24, 2.45) is 0 Å². The van der Waals surface area contributed by atoms with Gasteiger partial charge < -0.3 is 9.80 Å². The third-order valence-corrected chi connectivity index (χ3v) is 5.55. The van der Waals surface area contributed by atoms with Crippen molar-refractivity contribution in [3.8, 4) is 0 Å². The van der Waals surface area contributed by atoms with Gasteiger partial charge in [-0.2, -0.15) is 0 Å². The van der Waals surface area contributed by atoms with Crippen LogP contribution in [0.4, 0.5) is 0 Å². The standard InChI is InChI=1S/C11H19ClN2O3S/c12-18(16,17)10-8-11(15)14(9-10)7-3-6-13-4-1-2-5-13/h10H,1-9H2. The van der Waals surface area contributed by atoms with Crippen LogP contribution < -0.4 is 0 Å². The van der Waals surface area contributed by atoms with Gasteiger partial charge in [0.1, 0.15) is 5.25 Å². The van der Waals surface area contributed by atoms with Gasteiger partial charge in [-0.25, -0.2) is 8.42 Å². The van der Waals surface area contributed by atoms with E-state index in [0.29, 0.717) is 6.54 Å². The van der Waals surface area contributed by atoms with E-state index >= 15 is 0 Å². The summed E-state index contributed by atoms with van der Waals surface area (Å²) in [5.41, 5.74) is 0. The Labute approximate surface area is 112 Å². The molecule has 0 aromatic heterocycles. The van der Waals surface area contributed by atoms with Gasteiger partial charge in [0.05, 0.1) is 0 Å². The average Bonchev–Trinajstić information content (AvgIpc) is 2.88. The maximum atomic E-state index is 11.6. The summed E-state index contributed by atoms with van der Waals surface area (Å²) in [5.74, 6) is -0.0920. The van der Waals surface area contributed by atoms with Crippen molar-refractivity contribution in [3.05, 3.63) is 0 Å². The molecule has 0 spiro atoms. The monoisotopic (exact) mass is 294 g/mol. The van der Waals surface area contributed by atoms with Gasteiger partial charge in [0.2, 0.25) is 15.0 Å². The molecular formula is C11H19ClN2O3S. The van der Waals surface area contributed by atoms with Crippen LogP contribution in [0.5, 0.6) is 0 Å². The number of rotatable bonds is 5. The number of hydrogen-bond acceptors (Lipinski definition) is 4. The van der Waals surface area contributed by atoms with Gasteiger partial charge >= 0.3 is 0 Å². The maximum absolute atomic E-state index is 11.6. The third kappa shape index (κ3) is 3.59. The second kappa shape index (κ2) is 5.75. The first-order valence-corrected chi connectivity index (χ1v) is 8.77. The predicted octanol–water partition coefficient (Wildman–Crippen LogP) is 0.642. The molecule has 0 aromatic rings. The first-order valence-electron chi connectivity index (χ1n) is 6.40. The lowest BCUT2D eigenvalue weighted by Crippen LogP contribution is -2.31. The number of carbonyl (C=O) groups excluding carboxylic acids is 1. The van der Waals surface area contributed by atoms with Crippen molar-refractivity contribution in [2.45, 2.75) is 30.9 Å². The number of carbonyl (C=O) groups is 1. The number of amides is 1. The molecule has 1 unspecified atom stereocenters. The van der Waals surface area contributed by atoms with E-state index in [4.69, 9.17) is 10.7 Å². The fourth-order valence-electron chi connectivity index (χ4n) is 2.63. The Kier molecular flexibility index (Phi) is 4.50. The largest absolute Gasteiger partial charge is 0.341 e. The van der Waals surface area contributed by atoms with Gasteiger partial charge in [-0.3, -0.25) is 4.79 Å². The quantitative estimate of drug-likeness (QED) is 0.698. The minimum atomic E-state index is -3.61. The molecule has 0 saturated carbocycles. The molecule has 0 N–H and O–H groups in total. The first kappa shape index (κ1) is 14.1. The van der Waals surface area contributed by atoms with E-state index in [1.54, 1.807) is 4.90 Å². The van der Waals surface area contributed by atoms with Crippen molar-refractivity contribution in [3.63, 3.8) is 0 Å². The van der Waals surface area contributed by atoms with Crippen LogP contribution in [0.25, 0.3) is 0 Å². The van der Waals surface area contributed by atoms with Gasteiger partial charge in [0.25, 0.3) is 0 Å². The molecule has 104 valence electrons. The molecule has 0 bridgehead atoms. The first-order chi connectivity index (χ1) is 8.47. The molecule has 18 heavy (non-hydrogen) atoms. The van der Waals surface area contributed by atoms with E-state index in [0.717, 1.165) is 26.1 Å². The minimum Gasteiger partial charge on any atom is -0.341 e. The summed E-state index contributed by atoms with van der Waals surface area (Å²) in [6.07, 6.45) is 3.46. The number of hydrogen-bond donors (Lipinski definition) is 0. The lowest BCUT2D eigenvalue weighted by atomic mass is 10.3. The molecule has 2 aliphatic heterocycles. The zero-order valence-electron chi connectivity index (χ0n) is 10.3. The molecule has 2 saturated heterocycles. The lowest BCUT2D eigenvalue weighted by Gasteiger charge is -2.19. The van der Waals surface area contributed by atoms with Crippen LogP contribution in [-0.4, -0.2) is 62.1 Å². The minimum absolute atomic E-state index is 0.0372. The SMILES string of the molecule is O=C1CC(S(=O)(=O)Cl)CN1CCCN1CCCC1. The summed E-state index contributed by atoms with van der Waals surface area (Å²) in [5, 5.41) is -0.724. The Morgan fingerprint density at radius 3 is 2.44 bits per heavy atom. The highest BCUT2D eigenvalue weighted by Crippen LogP contribution is 2.21. The predicted molar refractivity (Wildman–Crippen MR) is 70.0 cm³/mol. The van der Waals surface area contributed by atoms with Gasteiger partial charge in [0.15, 0.2) is 0 Å². The van der Waals surface area contributed by atoms with Crippen LogP contribution in [0.3, 0.4) is 0 Å². The molecule has 2 heterocycles. The normalized spacial score (nSPS) is 26.2. The van der Waals surface area contributed by atoms with Crippen LogP contribution in [0, 0.1) is 0 Å². The molecule has 2 rings (SSSR count). The Morgan fingerprint density at radius 2 is 1.89 bits per heavy atom.